The second-order valence-corrected chi connectivity index (χ2v) is 10.9. The molecule has 0 fully saturated rings. The van der Waals surface area contributed by atoms with Crippen LogP contribution in [0.2, 0.25) is 0 Å². The molecule has 0 aromatic heterocycles. The van der Waals surface area contributed by atoms with E-state index < -0.39 is 60.1 Å². The number of hydrogen-bond donors (Lipinski definition) is 4. The summed E-state index contributed by atoms with van der Waals surface area (Å²) in [7, 11) is 3.65. The number of nitrogens with two attached hydrogens (primary N) is 1. The van der Waals surface area contributed by atoms with Gasteiger partial charge in [-0.25, -0.2) is 4.39 Å². The minimum Gasteiger partial charge on any atom is -0.493 e. The number of rotatable bonds is 14. The van der Waals surface area contributed by atoms with E-state index in [9.17, 15) is 41.5 Å². The number of ether oxygens (including phenoxy) is 1. The van der Waals surface area contributed by atoms with Crippen LogP contribution in [0.4, 0.5) is 23.2 Å². The number of carbonyl (C=O) groups is 5. The van der Waals surface area contributed by atoms with E-state index in [-0.39, 0.29) is 42.9 Å². The van der Waals surface area contributed by atoms with Gasteiger partial charge in [0.2, 0.25) is 5.91 Å². The molecule has 2 aromatic carbocycles. The van der Waals surface area contributed by atoms with Crippen molar-refractivity contribution in [3.63, 3.8) is 0 Å². The van der Waals surface area contributed by atoms with Crippen molar-refractivity contribution in [2.45, 2.75) is 58.7 Å². The summed E-state index contributed by atoms with van der Waals surface area (Å²) in [5, 5.41) is 18.4. The first-order valence-corrected chi connectivity index (χ1v) is 14.7. The standard InChI is InChI=1S/C29H30F4N2O4.C4H7NO4.CH4/c1-4-39-27-17-23(36)9-10-24(27)18-7-8-19(25(30)14-18)15-28(38)34-22-13-20(12-21(16-22)29(31,32)33)26(37)6-5-11-35(2)3;5-2(4(8)9)1-3(6)7;/h7-8,10,12-14,16-17H,4-6,9,11,15H2,1-3H3,(H,34,38);2H,1,5H2,(H,6,7)(H,8,9);1H4/t;2-;/m.0./s1. The zero-order valence-corrected chi connectivity index (χ0v) is 26.5. The molecule has 1 aliphatic carbocycles. The van der Waals surface area contributed by atoms with Gasteiger partial charge < -0.3 is 30.9 Å². The Morgan fingerprint density at radius 2 is 1.76 bits per heavy atom. The highest BCUT2D eigenvalue weighted by Gasteiger charge is 2.32. The van der Waals surface area contributed by atoms with Gasteiger partial charge in [0.25, 0.3) is 0 Å². The average Bonchev–Trinajstić information content (AvgIpc) is 2.97. The van der Waals surface area contributed by atoms with Gasteiger partial charge in [-0.1, -0.05) is 25.6 Å². The smallest absolute Gasteiger partial charge is 0.416 e. The zero-order chi connectivity index (χ0) is 36.2. The maximum atomic E-state index is 14.9. The van der Waals surface area contributed by atoms with Crippen molar-refractivity contribution in [1.29, 1.82) is 0 Å². The minimum absolute atomic E-state index is 0. The molecule has 0 saturated heterocycles. The van der Waals surface area contributed by atoms with Crippen molar-refractivity contribution in [3.05, 3.63) is 82.4 Å². The zero-order valence-electron chi connectivity index (χ0n) is 26.5. The largest absolute Gasteiger partial charge is 0.493 e. The number of ketones is 2. The molecule has 11 nitrogen and oxygen atoms in total. The molecule has 268 valence electrons. The third kappa shape index (κ3) is 14.0. The molecule has 15 heteroatoms. The van der Waals surface area contributed by atoms with Gasteiger partial charge in [-0.05, 0) is 69.4 Å². The van der Waals surface area contributed by atoms with Gasteiger partial charge in [0.05, 0.1) is 25.0 Å². The van der Waals surface area contributed by atoms with Crippen LogP contribution in [0, 0.1) is 5.82 Å². The lowest BCUT2D eigenvalue weighted by molar-refractivity contribution is -0.144. The van der Waals surface area contributed by atoms with E-state index in [4.69, 9.17) is 20.7 Å². The van der Waals surface area contributed by atoms with Crippen molar-refractivity contribution < 1.29 is 56.5 Å². The lowest BCUT2D eigenvalue weighted by atomic mass is 9.95. The van der Waals surface area contributed by atoms with Crippen LogP contribution < -0.4 is 11.1 Å². The fourth-order valence-electron chi connectivity index (χ4n) is 4.36. The van der Waals surface area contributed by atoms with Gasteiger partial charge in [-0.3, -0.25) is 24.0 Å². The number of aliphatic carboxylic acids is 2. The summed E-state index contributed by atoms with van der Waals surface area (Å²) in [4.78, 5) is 58.4. The number of Topliss-reactive ketones (excluding diaryl/α,β-unsaturated/α-hetero) is 1. The molecule has 0 radical (unpaired) electrons. The quantitative estimate of drug-likeness (QED) is 0.149. The molecule has 0 saturated carbocycles. The molecular weight excluding hydrogens is 654 g/mol. The van der Waals surface area contributed by atoms with Gasteiger partial charge in [0, 0.05) is 35.7 Å². The monoisotopic (exact) mass is 695 g/mol. The summed E-state index contributed by atoms with van der Waals surface area (Å²) >= 11 is 0. The van der Waals surface area contributed by atoms with Crippen molar-refractivity contribution in [2.24, 2.45) is 5.73 Å². The maximum absolute atomic E-state index is 14.9. The Morgan fingerprint density at radius 3 is 2.29 bits per heavy atom. The minimum atomic E-state index is -4.73. The molecule has 0 heterocycles. The number of halogens is 4. The van der Waals surface area contributed by atoms with Crippen LogP contribution in [0.1, 0.15) is 67.1 Å². The number of carbonyl (C=O) groups excluding carboxylic acids is 3. The number of nitrogens with zero attached hydrogens (tertiary/aromatic N) is 1. The highest BCUT2D eigenvalue weighted by atomic mass is 19.4. The first-order chi connectivity index (χ1) is 22.4. The van der Waals surface area contributed by atoms with Gasteiger partial charge in [-0.15, -0.1) is 0 Å². The molecule has 3 rings (SSSR count). The lowest BCUT2D eigenvalue weighted by Gasteiger charge is -2.17. The first kappa shape index (κ1) is 42.1. The maximum Gasteiger partial charge on any atom is 0.416 e. The van der Waals surface area contributed by atoms with Crippen molar-refractivity contribution in [3.8, 4) is 0 Å². The van der Waals surface area contributed by atoms with Crippen LogP contribution in [0.3, 0.4) is 0 Å². The molecule has 0 unspecified atom stereocenters. The lowest BCUT2D eigenvalue weighted by Crippen LogP contribution is -2.32. The molecule has 2 aromatic rings. The molecule has 49 heavy (non-hydrogen) atoms. The summed E-state index contributed by atoms with van der Waals surface area (Å²) < 4.78 is 60.9. The number of allylic oxidation sites excluding steroid dienone is 3. The second-order valence-electron chi connectivity index (χ2n) is 10.9. The molecule has 1 atom stereocenters. The van der Waals surface area contributed by atoms with Crippen molar-refractivity contribution >= 4 is 40.7 Å². The SMILES string of the molecule is C.CCOC1=CC(=O)CC=C1c1ccc(CC(=O)Nc2cc(C(=O)CCCN(C)C)cc(C(F)(F)F)c2)c(F)c1.N[C@@H](CC(=O)O)C(=O)O. The van der Waals surface area contributed by atoms with Crippen LogP contribution in [0.5, 0.6) is 0 Å². The fourth-order valence-corrected chi connectivity index (χ4v) is 4.36. The Hall–Kier alpha value is -4.89. The number of nitrogens with one attached hydrogen (secondary N) is 1. The molecule has 1 aliphatic rings. The van der Waals surface area contributed by atoms with Crippen molar-refractivity contribution in [1.82, 2.24) is 4.90 Å². The summed E-state index contributed by atoms with van der Waals surface area (Å²) in [6, 6.07) is 5.61. The Labute approximate surface area is 281 Å². The molecular formula is C34H41F4N3O8. The Kier molecular flexibility index (Phi) is 16.5. The molecule has 0 spiro atoms. The van der Waals surface area contributed by atoms with E-state index in [1.165, 1.54) is 24.3 Å². The van der Waals surface area contributed by atoms with E-state index in [1.807, 2.05) is 19.0 Å². The predicted octanol–water partition coefficient (Wildman–Crippen LogP) is 5.34. The molecule has 0 bridgehead atoms. The number of benzene rings is 2. The van der Waals surface area contributed by atoms with Gasteiger partial charge in [0.15, 0.2) is 11.6 Å². The van der Waals surface area contributed by atoms with E-state index >= 15 is 0 Å². The highest BCUT2D eigenvalue weighted by molar-refractivity contribution is 6.00. The van der Waals surface area contributed by atoms with Crippen LogP contribution in [0.15, 0.2) is 54.3 Å². The fraction of sp³-hybridized carbons (Fsp3) is 0.382. The van der Waals surface area contributed by atoms with E-state index in [0.29, 0.717) is 36.5 Å². The predicted molar refractivity (Wildman–Crippen MR) is 174 cm³/mol. The van der Waals surface area contributed by atoms with E-state index in [2.05, 4.69) is 5.32 Å². The summed E-state index contributed by atoms with van der Waals surface area (Å²) in [6.07, 6.45) is -2.04. The number of hydrogen-bond acceptors (Lipinski definition) is 8. The topological polar surface area (TPSA) is 176 Å². The van der Waals surface area contributed by atoms with Gasteiger partial charge >= 0.3 is 18.1 Å². The summed E-state index contributed by atoms with van der Waals surface area (Å²) in [5.41, 5.74) is 4.45. The molecule has 0 aliphatic heterocycles. The Bertz CT molecular complexity index is 1590. The Morgan fingerprint density at radius 1 is 1.08 bits per heavy atom. The molecule has 5 N–H and O–H groups in total. The van der Waals surface area contributed by atoms with Crippen LogP contribution in [-0.4, -0.2) is 77.8 Å². The third-order valence-electron chi connectivity index (χ3n) is 6.67. The average molecular weight is 696 g/mol. The third-order valence-corrected chi connectivity index (χ3v) is 6.67. The number of alkyl halides is 3. The molecule has 1 amide bonds. The van der Waals surface area contributed by atoms with Gasteiger partial charge in [0.1, 0.15) is 17.6 Å². The van der Waals surface area contributed by atoms with Gasteiger partial charge in [-0.2, -0.15) is 13.2 Å². The summed E-state index contributed by atoms with van der Waals surface area (Å²) in [6.45, 7) is 2.67. The highest BCUT2D eigenvalue weighted by Crippen LogP contribution is 2.33. The Balaban J connectivity index is 0.00000105. The van der Waals surface area contributed by atoms with E-state index in [0.717, 1.165) is 12.1 Å². The number of carboxylic acid groups (broad SMARTS) is 2. The second kappa shape index (κ2) is 19.2. The number of carboxylic acids is 2. The number of anilines is 1. The number of amides is 1. The summed E-state index contributed by atoms with van der Waals surface area (Å²) in [5.74, 6) is -4.22. The normalized spacial score (nSPS) is 13.2. The first-order valence-electron chi connectivity index (χ1n) is 14.7. The van der Waals surface area contributed by atoms with Crippen molar-refractivity contribution in [2.75, 3.05) is 32.6 Å². The van der Waals surface area contributed by atoms with E-state index in [1.54, 1.807) is 19.1 Å². The van der Waals surface area contributed by atoms with Crippen LogP contribution in [0.25, 0.3) is 5.57 Å². The van der Waals surface area contributed by atoms with Crippen LogP contribution >= 0.6 is 0 Å². The van der Waals surface area contributed by atoms with Crippen LogP contribution in [-0.2, 0) is 36.5 Å².